The van der Waals surface area contributed by atoms with Crippen LogP contribution < -0.4 is 21.5 Å². The minimum Gasteiger partial charge on any atom is -0.449 e. The van der Waals surface area contributed by atoms with Gasteiger partial charge in [0.05, 0.1) is 12.7 Å². The highest BCUT2D eigenvalue weighted by atomic mass is 16.5. The summed E-state index contributed by atoms with van der Waals surface area (Å²) in [4.78, 5) is 44.6. The number of urea groups is 1. The molecule has 0 aliphatic heterocycles. The summed E-state index contributed by atoms with van der Waals surface area (Å²) in [7, 11) is 0. The number of nitrogens with zero attached hydrogens (tertiary/aromatic N) is 3. The van der Waals surface area contributed by atoms with Crippen LogP contribution in [0.25, 0.3) is 0 Å². The Morgan fingerprint density at radius 3 is 2.23 bits per heavy atom. The smallest absolute Gasteiger partial charge is 0.407 e. The van der Waals surface area contributed by atoms with Gasteiger partial charge in [-0.2, -0.15) is 15.5 Å². The minimum atomic E-state index is -0.588. The third-order valence-electron chi connectivity index (χ3n) is 8.63. The maximum absolute atomic E-state index is 12.7. The molecule has 1 heterocycles. The molecule has 0 radical (unpaired) electrons. The van der Waals surface area contributed by atoms with Gasteiger partial charge in [-0.3, -0.25) is 10.1 Å². The number of anilines is 1. The summed E-state index contributed by atoms with van der Waals surface area (Å²) in [6.07, 6.45) is 5.91. The molecule has 1 aromatic rings. The SMILES string of the molecule is Cc1[nH]c(NC(=O)NCC2(C)CC(C#N)CC(C)(C)C2)nc(=O)c1CCOC(=O)NCC1(C)CC(OC#N)CC(C)(C)C1. The van der Waals surface area contributed by atoms with Crippen LogP contribution in [0, 0.1) is 57.3 Å². The number of alkyl carbamates (subject to hydrolysis) is 1. The molecule has 2 aliphatic rings. The quantitative estimate of drug-likeness (QED) is 0.290. The van der Waals surface area contributed by atoms with Gasteiger partial charge >= 0.3 is 12.1 Å². The van der Waals surface area contributed by atoms with Crippen molar-refractivity contribution in [2.75, 3.05) is 25.0 Å². The monoisotopic (exact) mass is 597 g/mol. The number of nitrogens with one attached hydrogen (secondary N) is 4. The van der Waals surface area contributed by atoms with E-state index in [1.807, 2.05) is 0 Å². The van der Waals surface area contributed by atoms with Gasteiger partial charge in [-0.25, -0.2) is 9.59 Å². The van der Waals surface area contributed by atoms with E-state index in [1.54, 1.807) is 13.2 Å². The maximum atomic E-state index is 12.7. The fraction of sp³-hybridized carbons (Fsp3) is 0.742. The van der Waals surface area contributed by atoms with Crippen molar-refractivity contribution in [1.29, 1.82) is 10.5 Å². The Kier molecular flexibility index (Phi) is 10.4. The van der Waals surface area contributed by atoms with Gasteiger partial charge in [0.15, 0.2) is 0 Å². The summed E-state index contributed by atoms with van der Waals surface area (Å²) in [6, 6.07) is 1.90. The lowest BCUT2D eigenvalue weighted by Crippen LogP contribution is -2.45. The van der Waals surface area contributed by atoms with Crippen LogP contribution in [0.2, 0.25) is 0 Å². The molecule has 1 aromatic heterocycles. The van der Waals surface area contributed by atoms with Crippen LogP contribution in [-0.4, -0.2) is 47.9 Å². The van der Waals surface area contributed by atoms with Gasteiger partial charge in [0, 0.05) is 36.7 Å². The normalized spacial score (nSPS) is 27.6. The summed E-state index contributed by atoms with van der Waals surface area (Å²) in [5, 5.41) is 26.7. The van der Waals surface area contributed by atoms with Gasteiger partial charge in [-0.05, 0) is 67.1 Å². The zero-order chi connectivity index (χ0) is 32.1. The van der Waals surface area contributed by atoms with E-state index < -0.39 is 17.7 Å². The van der Waals surface area contributed by atoms with Crippen molar-refractivity contribution in [1.82, 2.24) is 20.6 Å². The Balaban J connectivity index is 1.47. The number of carbonyl (C=O) groups is 2. The van der Waals surface area contributed by atoms with E-state index in [0.29, 0.717) is 37.2 Å². The number of aromatic amines is 1. The molecule has 0 bridgehead atoms. The lowest BCUT2D eigenvalue weighted by atomic mass is 9.61. The Morgan fingerprint density at radius 1 is 0.977 bits per heavy atom. The van der Waals surface area contributed by atoms with Gasteiger partial charge < -0.3 is 25.1 Å². The van der Waals surface area contributed by atoms with E-state index in [1.165, 1.54) is 0 Å². The van der Waals surface area contributed by atoms with Crippen LogP contribution in [0.4, 0.5) is 15.5 Å². The lowest BCUT2D eigenvalue weighted by Gasteiger charge is -2.45. The number of nitriles is 2. The molecule has 2 fully saturated rings. The van der Waals surface area contributed by atoms with Gasteiger partial charge in [0.25, 0.3) is 11.8 Å². The van der Waals surface area contributed by atoms with E-state index in [-0.39, 0.29) is 52.7 Å². The molecule has 43 heavy (non-hydrogen) atoms. The van der Waals surface area contributed by atoms with Crippen molar-refractivity contribution in [3.63, 3.8) is 0 Å². The number of H-pyrrole nitrogens is 1. The number of carbonyl (C=O) groups excluding carboxylic acids is 2. The Morgan fingerprint density at radius 2 is 1.60 bits per heavy atom. The molecule has 4 N–H and O–H groups in total. The molecule has 236 valence electrons. The zero-order valence-electron chi connectivity index (χ0n) is 26.6. The number of aromatic nitrogens is 2. The van der Waals surface area contributed by atoms with E-state index >= 15 is 0 Å². The second-order valence-electron chi connectivity index (χ2n) is 14.8. The second kappa shape index (κ2) is 13.2. The van der Waals surface area contributed by atoms with Crippen LogP contribution in [0.1, 0.15) is 91.3 Å². The van der Waals surface area contributed by atoms with Gasteiger partial charge in [0.1, 0.15) is 6.10 Å². The highest BCUT2D eigenvalue weighted by molar-refractivity contribution is 5.87. The molecular weight excluding hydrogens is 550 g/mol. The fourth-order valence-electron chi connectivity index (χ4n) is 7.68. The molecule has 12 nitrogen and oxygen atoms in total. The second-order valence-corrected chi connectivity index (χ2v) is 14.8. The van der Waals surface area contributed by atoms with Crippen LogP contribution in [0.5, 0.6) is 0 Å². The third kappa shape index (κ3) is 9.87. The number of hydrogen-bond acceptors (Lipinski definition) is 8. The zero-order valence-corrected chi connectivity index (χ0v) is 26.6. The number of hydrogen-bond donors (Lipinski definition) is 4. The molecular formula is C31H47N7O5. The number of amides is 3. The number of aryl methyl sites for hydroxylation is 1. The summed E-state index contributed by atoms with van der Waals surface area (Å²) in [5.41, 5.74) is -0.135. The van der Waals surface area contributed by atoms with Crippen LogP contribution in [-0.2, 0) is 15.9 Å². The van der Waals surface area contributed by atoms with Crippen molar-refractivity contribution < 1.29 is 19.1 Å². The largest absolute Gasteiger partial charge is 0.449 e. The fourth-order valence-corrected chi connectivity index (χ4v) is 7.68. The van der Waals surface area contributed by atoms with Crippen LogP contribution >= 0.6 is 0 Å². The molecule has 2 saturated carbocycles. The van der Waals surface area contributed by atoms with Crippen molar-refractivity contribution >= 4 is 18.1 Å². The molecule has 3 rings (SSSR count). The average molecular weight is 598 g/mol. The molecule has 4 unspecified atom stereocenters. The average Bonchev–Trinajstić information content (AvgIpc) is 2.86. The maximum Gasteiger partial charge on any atom is 0.407 e. The first-order valence-electron chi connectivity index (χ1n) is 15.0. The Hall–Kier alpha value is -3.80. The topological polar surface area (TPSA) is 182 Å². The highest BCUT2D eigenvalue weighted by Crippen LogP contribution is 2.48. The molecule has 12 heteroatoms. The summed E-state index contributed by atoms with van der Waals surface area (Å²) >= 11 is 0. The predicted octanol–water partition coefficient (Wildman–Crippen LogP) is 4.91. The third-order valence-corrected chi connectivity index (χ3v) is 8.63. The Bertz CT molecular complexity index is 1330. The first-order valence-corrected chi connectivity index (χ1v) is 15.0. The van der Waals surface area contributed by atoms with Gasteiger partial charge in [0.2, 0.25) is 5.95 Å². The van der Waals surface area contributed by atoms with E-state index in [0.717, 1.165) is 25.7 Å². The van der Waals surface area contributed by atoms with Gasteiger partial charge in [-0.1, -0.05) is 41.5 Å². The molecule has 3 amide bonds. The van der Waals surface area contributed by atoms with E-state index in [4.69, 9.17) is 14.7 Å². The molecule has 4 atom stereocenters. The number of rotatable bonds is 9. The van der Waals surface area contributed by atoms with Crippen LogP contribution in [0.15, 0.2) is 4.79 Å². The first-order chi connectivity index (χ1) is 20.0. The lowest BCUT2D eigenvalue weighted by molar-refractivity contribution is -0.0107. The molecule has 0 saturated heterocycles. The Labute approximate surface area is 254 Å². The number of ether oxygens (including phenoxy) is 2. The minimum absolute atomic E-state index is 0.0120. The van der Waals surface area contributed by atoms with Crippen molar-refractivity contribution in [3.05, 3.63) is 21.6 Å². The molecule has 0 spiro atoms. The van der Waals surface area contributed by atoms with Crippen molar-refractivity contribution in [2.24, 2.45) is 27.6 Å². The van der Waals surface area contributed by atoms with Crippen LogP contribution in [0.3, 0.4) is 0 Å². The van der Waals surface area contributed by atoms with E-state index in [9.17, 15) is 19.6 Å². The van der Waals surface area contributed by atoms with E-state index in [2.05, 4.69) is 73.5 Å². The summed E-state index contributed by atoms with van der Waals surface area (Å²) in [6.45, 7) is 15.1. The summed E-state index contributed by atoms with van der Waals surface area (Å²) < 4.78 is 10.6. The standard InChI is InChI=1S/C31H47N7O5/c1-20-23(8-9-42-27(41)35-18-31(7)13-22(43-19-33)12-29(4,5)16-31)24(39)37-25(36-20)38-26(40)34-17-30(6)11-21(14-32)10-28(2,3)15-30/h21-22H,8-13,15-18H2,1-7H3,(H,35,41)(H3,34,36,37,38,39,40). The molecule has 2 aliphatic carbocycles. The summed E-state index contributed by atoms with van der Waals surface area (Å²) in [5.74, 6) is -0.0266. The first kappa shape index (κ1) is 33.7. The highest BCUT2D eigenvalue weighted by Gasteiger charge is 2.43. The predicted molar refractivity (Wildman–Crippen MR) is 161 cm³/mol. The van der Waals surface area contributed by atoms with Crippen molar-refractivity contribution in [3.8, 4) is 12.3 Å². The van der Waals surface area contributed by atoms with Crippen molar-refractivity contribution in [2.45, 2.75) is 99.5 Å². The molecule has 0 aromatic carbocycles. The van der Waals surface area contributed by atoms with Gasteiger partial charge in [-0.15, -0.1) is 0 Å².